The minimum atomic E-state index is -0.587. The fraction of sp³-hybridized carbons (Fsp3) is 0.412. The Balaban J connectivity index is 1.81. The predicted octanol–water partition coefficient (Wildman–Crippen LogP) is 1.72. The summed E-state index contributed by atoms with van der Waals surface area (Å²) in [4.78, 5) is 35.5. The summed E-state index contributed by atoms with van der Waals surface area (Å²) in [6.07, 6.45) is 1.87. The van der Waals surface area contributed by atoms with Gasteiger partial charge in [0.1, 0.15) is 0 Å². The van der Waals surface area contributed by atoms with Crippen LogP contribution in [0.2, 0.25) is 0 Å². The number of rotatable bonds is 3. The molecule has 1 aliphatic carbocycles. The number of hydrazine groups is 1. The highest BCUT2D eigenvalue weighted by molar-refractivity contribution is 7.80. The highest BCUT2D eigenvalue weighted by Gasteiger charge is 2.29. The molecule has 0 spiro atoms. The van der Waals surface area contributed by atoms with Crippen LogP contribution in [0.25, 0.3) is 0 Å². The van der Waals surface area contributed by atoms with E-state index in [9.17, 15) is 14.4 Å². The van der Waals surface area contributed by atoms with Crippen molar-refractivity contribution in [2.24, 2.45) is 11.3 Å². The minimum Gasteiger partial charge on any atom is -0.326 e. The summed E-state index contributed by atoms with van der Waals surface area (Å²) in [5, 5.41) is 5.31. The smallest absolute Gasteiger partial charge is 0.269 e. The first-order valence-corrected chi connectivity index (χ1v) is 8.40. The number of hydrogen-bond acceptors (Lipinski definition) is 4. The van der Waals surface area contributed by atoms with Crippen molar-refractivity contribution in [1.29, 1.82) is 0 Å². The molecule has 3 amide bonds. The Morgan fingerprint density at radius 2 is 1.64 bits per heavy atom. The van der Waals surface area contributed by atoms with Crippen molar-refractivity contribution in [2.45, 2.75) is 33.6 Å². The molecule has 1 aliphatic rings. The molecule has 1 aromatic carbocycles. The summed E-state index contributed by atoms with van der Waals surface area (Å²) in [5.41, 5.74) is 5.35. The van der Waals surface area contributed by atoms with E-state index in [-0.39, 0.29) is 22.8 Å². The lowest BCUT2D eigenvalue weighted by Gasteiger charge is -2.18. The van der Waals surface area contributed by atoms with E-state index in [0.29, 0.717) is 11.3 Å². The zero-order valence-electron chi connectivity index (χ0n) is 14.4. The lowest BCUT2D eigenvalue weighted by atomic mass is 9.96. The van der Waals surface area contributed by atoms with Crippen molar-refractivity contribution >= 4 is 40.7 Å². The van der Waals surface area contributed by atoms with Crippen molar-refractivity contribution < 1.29 is 14.4 Å². The number of hydrogen-bond donors (Lipinski definition) is 4. The molecule has 0 aliphatic heterocycles. The van der Waals surface area contributed by atoms with Gasteiger partial charge in [-0.2, -0.15) is 0 Å². The monoisotopic (exact) mass is 362 g/mol. The molecule has 0 atom stereocenters. The van der Waals surface area contributed by atoms with Crippen molar-refractivity contribution in [3.05, 3.63) is 29.8 Å². The summed E-state index contributed by atoms with van der Waals surface area (Å²) in [6.45, 7) is 5.27. The number of carbonyl (C=O) groups excluding carboxylic acids is 3. The molecule has 1 aromatic rings. The highest BCUT2D eigenvalue weighted by Crippen LogP contribution is 2.30. The zero-order valence-corrected chi connectivity index (χ0v) is 15.3. The maximum Gasteiger partial charge on any atom is 0.269 e. The first-order valence-electron chi connectivity index (χ1n) is 7.99. The largest absolute Gasteiger partial charge is 0.326 e. The van der Waals surface area contributed by atoms with Crippen LogP contribution in [0, 0.1) is 11.3 Å². The Labute approximate surface area is 151 Å². The molecule has 8 heteroatoms. The van der Waals surface area contributed by atoms with Crippen LogP contribution in [0.1, 0.15) is 44.0 Å². The predicted molar refractivity (Wildman–Crippen MR) is 98.6 cm³/mol. The molecule has 25 heavy (non-hydrogen) atoms. The molecule has 0 heterocycles. The van der Waals surface area contributed by atoms with Crippen LogP contribution in [0.4, 0.5) is 5.69 Å². The summed E-state index contributed by atoms with van der Waals surface area (Å²) in [6, 6.07) is 6.51. The SMILES string of the molecule is CC(C)(C)C(=O)NC(=S)NNC(=O)c1ccc(NC(=O)C2CC2)cc1. The molecular formula is C17H22N4O3S. The van der Waals surface area contributed by atoms with E-state index in [1.807, 2.05) is 0 Å². The summed E-state index contributed by atoms with van der Waals surface area (Å²) in [5.74, 6) is -0.530. The van der Waals surface area contributed by atoms with Gasteiger partial charge in [-0.25, -0.2) is 0 Å². The van der Waals surface area contributed by atoms with Crippen molar-refractivity contribution in [2.75, 3.05) is 5.32 Å². The van der Waals surface area contributed by atoms with Gasteiger partial charge in [-0.15, -0.1) is 0 Å². The molecular weight excluding hydrogens is 340 g/mol. The van der Waals surface area contributed by atoms with Crippen LogP contribution in [0.15, 0.2) is 24.3 Å². The number of anilines is 1. The van der Waals surface area contributed by atoms with Gasteiger partial charge in [0, 0.05) is 22.6 Å². The van der Waals surface area contributed by atoms with Gasteiger partial charge in [0.05, 0.1) is 0 Å². The van der Waals surface area contributed by atoms with Gasteiger partial charge >= 0.3 is 0 Å². The molecule has 1 saturated carbocycles. The van der Waals surface area contributed by atoms with Gasteiger partial charge in [0.15, 0.2) is 5.11 Å². The molecule has 4 N–H and O–H groups in total. The second kappa shape index (κ2) is 7.60. The number of nitrogens with one attached hydrogen (secondary N) is 4. The van der Waals surface area contributed by atoms with Gasteiger partial charge < -0.3 is 10.6 Å². The number of amides is 3. The highest BCUT2D eigenvalue weighted by atomic mass is 32.1. The minimum absolute atomic E-state index is 0.0128. The normalized spacial score (nSPS) is 13.6. The Kier molecular flexibility index (Phi) is 5.73. The summed E-state index contributed by atoms with van der Waals surface area (Å²) < 4.78 is 0. The molecule has 0 saturated heterocycles. The maximum atomic E-state index is 12.1. The third kappa shape index (κ3) is 5.82. The molecule has 1 fully saturated rings. The van der Waals surface area contributed by atoms with Crippen LogP contribution in [0.5, 0.6) is 0 Å². The quantitative estimate of drug-likeness (QED) is 0.485. The van der Waals surface area contributed by atoms with E-state index in [4.69, 9.17) is 12.2 Å². The van der Waals surface area contributed by atoms with Crippen LogP contribution >= 0.6 is 12.2 Å². The van der Waals surface area contributed by atoms with Gasteiger partial charge in [0.25, 0.3) is 5.91 Å². The third-order valence-electron chi connectivity index (χ3n) is 3.56. The Hall–Kier alpha value is -2.48. The first kappa shape index (κ1) is 18.9. The fourth-order valence-electron chi connectivity index (χ4n) is 1.80. The molecule has 134 valence electrons. The third-order valence-corrected chi connectivity index (χ3v) is 3.76. The van der Waals surface area contributed by atoms with E-state index >= 15 is 0 Å². The molecule has 2 rings (SSSR count). The van der Waals surface area contributed by atoms with Gasteiger partial charge in [0.2, 0.25) is 11.8 Å². The van der Waals surface area contributed by atoms with Gasteiger partial charge in [-0.3, -0.25) is 25.2 Å². The molecule has 0 bridgehead atoms. The number of benzene rings is 1. The first-order chi connectivity index (χ1) is 11.7. The Morgan fingerprint density at radius 1 is 1.04 bits per heavy atom. The second-order valence-corrected chi connectivity index (χ2v) is 7.36. The Bertz CT molecular complexity index is 691. The molecule has 7 nitrogen and oxygen atoms in total. The van der Waals surface area contributed by atoms with Crippen molar-refractivity contribution in [1.82, 2.24) is 16.2 Å². The number of thiocarbonyl (C=S) groups is 1. The van der Waals surface area contributed by atoms with E-state index in [0.717, 1.165) is 12.8 Å². The molecule has 0 radical (unpaired) electrons. The topological polar surface area (TPSA) is 99.3 Å². The van der Waals surface area contributed by atoms with Crippen molar-refractivity contribution in [3.63, 3.8) is 0 Å². The van der Waals surface area contributed by atoms with E-state index in [2.05, 4.69) is 21.5 Å². The average molecular weight is 362 g/mol. The van der Waals surface area contributed by atoms with Crippen LogP contribution in [-0.4, -0.2) is 22.8 Å². The standard InChI is InChI=1S/C17H22N4O3S/c1-17(2,3)15(24)19-16(25)21-20-14(23)11-6-8-12(9-7-11)18-13(22)10-4-5-10/h6-10H,4-5H2,1-3H3,(H,18,22)(H,20,23)(H2,19,21,24,25). The van der Waals surface area contributed by atoms with Crippen LogP contribution < -0.4 is 21.5 Å². The van der Waals surface area contributed by atoms with Crippen molar-refractivity contribution in [3.8, 4) is 0 Å². The van der Waals surface area contributed by atoms with E-state index in [1.165, 1.54) is 0 Å². The van der Waals surface area contributed by atoms with Gasteiger partial charge in [-0.05, 0) is 49.3 Å². The fourth-order valence-corrected chi connectivity index (χ4v) is 1.95. The zero-order chi connectivity index (χ0) is 18.6. The molecule has 0 unspecified atom stereocenters. The average Bonchev–Trinajstić information content (AvgIpc) is 3.37. The van der Waals surface area contributed by atoms with Crippen LogP contribution in [-0.2, 0) is 9.59 Å². The Morgan fingerprint density at radius 3 is 2.16 bits per heavy atom. The second-order valence-electron chi connectivity index (χ2n) is 6.95. The van der Waals surface area contributed by atoms with Crippen LogP contribution in [0.3, 0.4) is 0 Å². The van der Waals surface area contributed by atoms with E-state index < -0.39 is 11.3 Å². The maximum absolute atomic E-state index is 12.1. The number of carbonyl (C=O) groups is 3. The lowest BCUT2D eigenvalue weighted by molar-refractivity contribution is -0.127. The summed E-state index contributed by atoms with van der Waals surface area (Å²) in [7, 11) is 0. The van der Waals surface area contributed by atoms with Gasteiger partial charge in [-0.1, -0.05) is 20.8 Å². The lowest BCUT2D eigenvalue weighted by Crippen LogP contribution is -2.50. The van der Waals surface area contributed by atoms with E-state index in [1.54, 1.807) is 45.0 Å². The molecule has 0 aromatic heterocycles. The summed E-state index contributed by atoms with van der Waals surface area (Å²) >= 11 is 4.96.